The van der Waals surface area contributed by atoms with Gasteiger partial charge in [0.2, 0.25) is 0 Å². The van der Waals surface area contributed by atoms with Crippen molar-refractivity contribution in [3.63, 3.8) is 0 Å². The average Bonchev–Trinajstić information content (AvgIpc) is 3.16. The molecule has 0 spiro atoms. The summed E-state index contributed by atoms with van der Waals surface area (Å²) in [5, 5.41) is 14.2. The number of methoxy groups -OCH3 is 1. The van der Waals surface area contributed by atoms with Crippen LogP contribution in [0.4, 0.5) is 4.39 Å². The van der Waals surface area contributed by atoms with E-state index >= 15 is 0 Å². The van der Waals surface area contributed by atoms with Gasteiger partial charge < -0.3 is 15.2 Å². The minimum atomic E-state index is -0.628. The molecule has 4 fully saturated rings. The van der Waals surface area contributed by atoms with Crippen molar-refractivity contribution in [2.45, 2.75) is 83.3 Å². The maximum atomic E-state index is 13.2. The van der Waals surface area contributed by atoms with Crippen LogP contribution in [0.1, 0.15) is 82.1 Å². The predicted octanol–water partition coefficient (Wildman–Crippen LogP) is 4.99. The van der Waals surface area contributed by atoms with Crippen LogP contribution in [0.25, 0.3) is 0 Å². The predicted molar refractivity (Wildman–Crippen MR) is 129 cm³/mol. The Hall–Kier alpha value is -1.53. The van der Waals surface area contributed by atoms with Crippen LogP contribution >= 0.6 is 0 Å². The number of ether oxygens (including phenoxy) is 1. The summed E-state index contributed by atoms with van der Waals surface area (Å²) < 4.78 is 18.5. The average molecular weight is 473 g/mol. The van der Waals surface area contributed by atoms with Gasteiger partial charge in [-0.05, 0) is 118 Å². The van der Waals surface area contributed by atoms with Gasteiger partial charge >= 0.3 is 0 Å². The zero-order valence-electron chi connectivity index (χ0n) is 20.9. The number of pyridine rings is 1. The van der Waals surface area contributed by atoms with Crippen molar-refractivity contribution in [3.8, 4) is 0 Å². The van der Waals surface area contributed by atoms with Crippen LogP contribution in [0, 0.1) is 46.7 Å². The van der Waals surface area contributed by atoms with Gasteiger partial charge in [0.25, 0.3) is 5.91 Å². The largest absolute Gasteiger partial charge is 0.387 e. The summed E-state index contributed by atoms with van der Waals surface area (Å²) in [5.74, 6) is 3.50. The van der Waals surface area contributed by atoms with Crippen LogP contribution in [0.15, 0.2) is 18.3 Å². The second-order valence-electron chi connectivity index (χ2n) is 12.2. The van der Waals surface area contributed by atoms with Gasteiger partial charge in [0, 0.05) is 13.2 Å². The van der Waals surface area contributed by atoms with E-state index in [1.807, 2.05) is 0 Å². The molecule has 4 aliphatic rings. The van der Waals surface area contributed by atoms with Crippen molar-refractivity contribution in [1.82, 2.24) is 10.3 Å². The molecule has 0 bridgehead atoms. The molecule has 1 unspecified atom stereocenters. The maximum Gasteiger partial charge on any atom is 0.270 e. The normalized spacial score (nSPS) is 42.3. The molecule has 0 radical (unpaired) electrons. The second-order valence-corrected chi connectivity index (χ2v) is 12.2. The number of nitrogens with one attached hydrogen (secondary N) is 1. The first-order chi connectivity index (χ1) is 16.2. The highest BCUT2D eigenvalue weighted by atomic mass is 19.1. The van der Waals surface area contributed by atoms with E-state index in [0.717, 1.165) is 55.6 Å². The minimum absolute atomic E-state index is 0.0703. The molecule has 4 aliphatic carbocycles. The molecule has 9 atom stereocenters. The van der Waals surface area contributed by atoms with Gasteiger partial charge in [-0.25, -0.2) is 9.37 Å². The number of aromatic nitrogens is 1. The Morgan fingerprint density at radius 3 is 2.71 bits per heavy atom. The molecule has 1 aromatic rings. The van der Waals surface area contributed by atoms with E-state index in [1.54, 1.807) is 7.11 Å². The molecule has 1 amide bonds. The van der Waals surface area contributed by atoms with Gasteiger partial charge in [0.1, 0.15) is 11.5 Å². The minimum Gasteiger partial charge on any atom is -0.387 e. The molecule has 2 N–H and O–H groups in total. The Balaban J connectivity index is 1.25. The summed E-state index contributed by atoms with van der Waals surface area (Å²) >= 11 is 0. The molecular formula is C28H41FN2O3. The lowest BCUT2D eigenvalue weighted by Crippen LogP contribution is -2.53. The molecule has 4 saturated carbocycles. The summed E-state index contributed by atoms with van der Waals surface area (Å²) in [4.78, 5) is 16.7. The number of hydrogen-bond donors (Lipinski definition) is 2. The van der Waals surface area contributed by atoms with Crippen molar-refractivity contribution in [2.24, 2.45) is 40.9 Å². The van der Waals surface area contributed by atoms with Gasteiger partial charge in [-0.1, -0.05) is 6.92 Å². The number of carbonyl (C=O) groups is 1. The number of hydrogen-bond acceptors (Lipinski definition) is 4. The number of carbonyl (C=O) groups excluding carboxylic acids is 1. The molecule has 1 aromatic heterocycles. The first-order valence-electron chi connectivity index (χ1n) is 13.4. The van der Waals surface area contributed by atoms with Crippen LogP contribution < -0.4 is 5.32 Å². The topological polar surface area (TPSA) is 71.5 Å². The highest BCUT2D eigenvalue weighted by molar-refractivity contribution is 5.92. The number of aliphatic hydroxyl groups is 1. The summed E-state index contributed by atoms with van der Waals surface area (Å²) in [7, 11) is 1.69. The summed E-state index contributed by atoms with van der Waals surface area (Å²) in [5.41, 5.74) is -0.0968. The first-order valence-corrected chi connectivity index (χ1v) is 13.4. The fourth-order valence-corrected chi connectivity index (χ4v) is 9.12. The third-order valence-corrected chi connectivity index (χ3v) is 10.5. The van der Waals surface area contributed by atoms with E-state index in [9.17, 15) is 14.3 Å². The standard InChI is InChI=1S/C28H41FN2O3/c1-17(31-26(32)25-9-5-19(29)15-30-25)23-7-8-24-22-6-4-18-14-28(33,16-34-3)13-11-20(18)21(22)10-12-27(23,24)2/h5,9,15,17-18,20-24,33H,4,6-8,10-14,16H2,1-3H3,(H,31,32)/t17-,18-,20+,21-,22-,23?,24+,27-,28-/m1/s1. The SMILES string of the molecule is COC[C@@]1(O)CC[C@H]2[C@H](CC[C@@H]3[C@@H]2CC[C@]2(C)C([C@@H](C)NC(=O)c4ccc(F)cn4)CC[C@@H]32)C1. The molecule has 5 rings (SSSR count). The molecule has 0 saturated heterocycles. The van der Waals surface area contributed by atoms with E-state index < -0.39 is 11.4 Å². The number of rotatable bonds is 5. The monoisotopic (exact) mass is 472 g/mol. The Labute approximate surface area is 203 Å². The van der Waals surface area contributed by atoms with Gasteiger partial charge in [-0.15, -0.1) is 0 Å². The number of amides is 1. The van der Waals surface area contributed by atoms with Crippen LogP contribution in [0.5, 0.6) is 0 Å². The van der Waals surface area contributed by atoms with E-state index in [-0.39, 0.29) is 23.1 Å². The smallest absolute Gasteiger partial charge is 0.270 e. The van der Waals surface area contributed by atoms with Gasteiger partial charge in [0.15, 0.2) is 0 Å². The van der Waals surface area contributed by atoms with Crippen molar-refractivity contribution in [3.05, 3.63) is 29.8 Å². The summed E-state index contributed by atoms with van der Waals surface area (Å²) in [6.45, 7) is 5.08. The van der Waals surface area contributed by atoms with Gasteiger partial charge in [0.05, 0.1) is 18.4 Å². The fourth-order valence-electron chi connectivity index (χ4n) is 9.12. The molecule has 188 valence electrons. The lowest BCUT2D eigenvalue weighted by molar-refractivity contribution is -0.125. The van der Waals surface area contributed by atoms with E-state index in [1.165, 1.54) is 44.2 Å². The van der Waals surface area contributed by atoms with Gasteiger partial charge in [-0.2, -0.15) is 0 Å². The van der Waals surface area contributed by atoms with Crippen LogP contribution in [0.2, 0.25) is 0 Å². The van der Waals surface area contributed by atoms with Crippen LogP contribution in [0.3, 0.4) is 0 Å². The third kappa shape index (κ3) is 4.19. The number of halogens is 1. The second kappa shape index (κ2) is 9.16. The van der Waals surface area contributed by atoms with Crippen molar-refractivity contribution < 1.29 is 19.0 Å². The van der Waals surface area contributed by atoms with Crippen LogP contribution in [-0.2, 0) is 4.74 Å². The van der Waals surface area contributed by atoms with Crippen LogP contribution in [-0.4, -0.2) is 41.4 Å². The van der Waals surface area contributed by atoms with Crippen molar-refractivity contribution in [2.75, 3.05) is 13.7 Å². The Bertz CT molecular complexity index is 894. The zero-order chi connectivity index (χ0) is 24.1. The van der Waals surface area contributed by atoms with E-state index in [0.29, 0.717) is 18.4 Å². The van der Waals surface area contributed by atoms with Gasteiger partial charge in [-0.3, -0.25) is 4.79 Å². The number of nitrogens with zero attached hydrogens (tertiary/aromatic N) is 1. The lowest BCUT2D eigenvalue weighted by atomic mass is 9.48. The molecule has 34 heavy (non-hydrogen) atoms. The molecule has 5 nitrogen and oxygen atoms in total. The van der Waals surface area contributed by atoms with E-state index in [4.69, 9.17) is 4.74 Å². The lowest BCUT2D eigenvalue weighted by Gasteiger charge is -2.57. The maximum absolute atomic E-state index is 13.2. The van der Waals surface area contributed by atoms with Crippen molar-refractivity contribution in [1.29, 1.82) is 0 Å². The zero-order valence-corrected chi connectivity index (χ0v) is 20.9. The van der Waals surface area contributed by atoms with Crippen molar-refractivity contribution >= 4 is 5.91 Å². The third-order valence-electron chi connectivity index (χ3n) is 10.5. The Morgan fingerprint density at radius 1 is 1.18 bits per heavy atom. The summed E-state index contributed by atoms with van der Waals surface area (Å²) in [6.07, 6.45) is 11.4. The molecular weight excluding hydrogens is 431 g/mol. The van der Waals surface area contributed by atoms with E-state index in [2.05, 4.69) is 24.1 Å². The highest BCUT2D eigenvalue weighted by Crippen LogP contribution is 2.65. The summed E-state index contributed by atoms with van der Waals surface area (Å²) in [6, 6.07) is 2.82. The quantitative estimate of drug-likeness (QED) is 0.634. The first kappa shape index (κ1) is 24.2. The molecule has 0 aromatic carbocycles. The molecule has 0 aliphatic heterocycles. The highest BCUT2D eigenvalue weighted by Gasteiger charge is 2.58. The molecule has 6 heteroatoms. The molecule has 1 heterocycles. The number of fused-ring (bicyclic) bond motifs is 5. The Morgan fingerprint density at radius 2 is 1.97 bits per heavy atom. The Kier molecular flexibility index (Phi) is 6.52. The fraction of sp³-hybridized carbons (Fsp3) is 0.786.